The summed E-state index contributed by atoms with van der Waals surface area (Å²) < 4.78 is 9.99. The lowest BCUT2D eigenvalue weighted by atomic mass is 9.71. The number of ketones is 1. The zero-order valence-electron chi connectivity index (χ0n) is 15.7. The van der Waals surface area contributed by atoms with Crippen molar-refractivity contribution >= 4 is 17.7 Å². The Labute approximate surface area is 158 Å². The van der Waals surface area contributed by atoms with Gasteiger partial charge in [0.2, 0.25) is 0 Å². The number of fused-ring (bicyclic) bond motifs is 1. The quantitative estimate of drug-likeness (QED) is 0.822. The third-order valence-electron chi connectivity index (χ3n) is 5.00. The second-order valence-electron chi connectivity index (χ2n) is 6.62. The van der Waals surface area contributed by atoms with Crippen LogP contribution in [0, 0.1) is 5.92 Å². The van der Waals surface area contributed by atoms with Crippen LogP contribution in [0.2, 0.25) is 0 Å². The van der Waals surface area contributed by atoms with Crippen molar-refractivity contribution in [3.8, 4) is 0 Å². The summed E-state index contributed by atoms with van der Waals surface area (Å²) in [6.45, 7) is 3.82. The molecule has 1 aliphatic heterocycles. The monoisotopic (exact) mass is 369 g/mol. The fourth-order valence-corrected chi connectivity index (χ4v) is 3.80. The molecule has 1 aliphatic carbocycles. The number of hydrogen-bond donors (Lipinski definition) is 1. The number of carbonyl (C=O) groups is 3. The first kappa shape index (κ1) is 18.9. The van der Waals surface area contributed by atoms with Gasteiger partial charge in [0.05, 0.1) is 30.8 Å². The largest absolute Gasteiger partial charge is 0.465 e. The minimum Gasteiger partial charge on any atom is -0.465 e. The van der Waals surface area contributed by atoms with E-state index >= 15 is 0 Å². The Bertz CT molecular complexity index is 835. The van der Waals surface area contributed by atoms with Crippen LogP contribution in [0.15, 0.2) is 47.3 Å². The molecule has 27 heavy (non-hydrogen) atoms. The van der Waals surface area contributed by atoms with Gasteiger partial charge in [-0.05, 0) is 38.0 Å². The average Bonchev–Trinajstić information content (AvgIpc) is 2.66. The first-order valence-corrected chi connectivity index (χ1v) is 9.03. The minimum absolute atomic E-state index is 0.0938. The highest BCUT2D eigenvalue weighted by Crippen LogP contribution is 2.43. The van der Waals surface area contributed by atoms with E-state index < -0.39 is 23.8 Å². The molecule has 0 fully saturated rings. The number of methoxy groups -OCH3 is 1. The van der Waals surface area contributed by atoms with Gasteiger partial charge in [0.15, 0.2) is 0 Å². The van der Waals surface area contributed by atoms with Gasteiger partial charge in [0, 0.05) is 23.7 Å². The fraction of sp³-hybridized carbons (Fsp3) is 0.381. The number of Topliss-reactive ketones (excluding diaryl/α,β-unsaturated/α-hetero) is 1. The molecule has 2 aliphatic rings. The van der Waals surface area contributed by atoms with Crippen molar-refractivity contribution < 1.29 is 23.9 Å². The molecule has 0 saturated carbocycles. The van der Waals surface area contributed by atoms with Gasteiger partial charge in [-0.3, -0.25) is 4.79 Å². The highest BCUT2D eigenvalue weighted by Gasteiger charge is 2.43. The number of allylic oxidation sites excluding steroid dienone is 3. The van der Waals surface area contributed by atoms with Crippen molar-refractivity contribution in [3.63, 3.8) is 0 Å². The maximum absolute atomic E-state index is 12.7. The average molecular weight is 369 g/mol. The van der Waals surface area contributed by atoms with Gasteiger partial charge in [0.1, 0.15) is 5.78 Å². The van der Waals surface area contributed by atoms with E-state index in [1.807, 2.05) is 13.0 Å². The van der Waals surface area contributed by atoms with Crippen LogP contribution in [0.1, 0.15) is 48.5 Å². The third-order valence-corrected chi connectivity index (χ3v) is 5.00. The molecule has 3 rings (SSSR count). The van der Waals surface area contributed by atoms with Gasteiger partial charge in [-0.1, -0.05) is 18.2 Å². The number of hydrogen-bond acceptors (Lipinski definition) is 6. The van der Waals surface area contributed by atoms with Crippen molar-refractivity contribution in [2.24, 2.45) is 5.92 Å². The SMILES string of the molecule is CCOC(=O)C1=C(C)NC2=CCCC(=O)C2C1c1ccc(C(=O)OC)cc1. The summed E-state index contributed by atoms with van der Waals surface area (Å²) in [5.74, 6) is -1.67. The van der Waals surface area contributed by atoms with Crippen LogP contribution in [0.25, 0.3) is 0 Å². The molecule has 1 heterocycles. The molecule has 6 heteroatoms. The minimum atomic E-state index is -0.453. The van der Waals surface area contributed by atoms with Crippen LogP contribution in [0.4, 0.5) is 0 Å². The highest BCUT2D eigenvalue weighted by molar-refractivity contribution is 5.96. The van der Waals surface area contributed by atoms with Crippen molar-refractivity contribution in [1.82, 2.24) is 5.32 Å². The first-order valence-electron chi connectivity index (χ1n) is 9.03. The van der Waals surface area contributed by atoms with Gasteiger partial charge < -0.3 is 14.8 Å². The number of benzene rings is 1. The van der Waals surface area contributed by atoms with Crippen LogP contribution in [0.3, 0.4) is 0 Å². The summed E-state index contributed by atoms with van der Waals surface area (Å²) in [4.78, 5) is 37.1. The molecule has 2 unspecified atom stereocenters. The van der Waals surface area contributed by atoms with Gasteiger partial charge in [-0.25, -0.2) is 9.59 Å². The molecule has 142 valence electrons. The molecule has 0 spiro atoms. The predicted molar refractivity (Wildman–Crippen MR) is 98.8 cm³/mol. The Balaban J connectivity index is 2.10. The van der Waals surface area contributed by atoms with Crippen LogP contribution < -0.4 is 5.32 Å². The second-order valence-corrected chi connectivity index (χ2v) is 6.62. The van der Waals surface area contributed by atoms with E-state index in [0.29, 0.717) is 29.7 Å². The maximum atomic E-state index is 12.7. The Morgan fingerprint density at radius 1 is 1.15 bits per heavy atom. The molecular weight excluding hydrogens is 346 g/mol. The number of ether oxygens (including phenoxy) is 2. The van der Waals surface area contributed by atoms with E-state index in [2.05, 4.69) is 5.32 Å². The van der Waals surface area contributed by atoms with E-state index in [-0.39, 0.29) is 12.4 Å². The molecule has 0 aromatic heterocycles. The van der Waals surface area contributed by atoms with Gasteiger partial charge in [-0.2, -0.15) is 0 Å². The molecule has 6 nitrogen and oxygen atoms in total. The van der Waals surface area contributed by atoms with Crippen LogP contribution >= 0.6 is 0 Å². The highest BCUT2D eigenvalue weighted by atomic mass is 16.5. The van der Waals surface area contributed by atoms with Crippen LogP contribution in [-0.4, -0.2) is 31.4 Å². The standard InChI is InChI=1S/C21H23NO5/c1-4-27-21(25)17-12(2)22-15-6-5-7-16(23)19(15)18(17)13-8-10-14(11-9-13)20(24)26-3/h6,8-11,18-19,22H,4-5,7H2,1-3H3. The zero-order chi connectivity index (χ0) is 19.6. The Morgan fingerprint density at radius 3 is 2.48 bits per heavy atom. The van der Waals surface area contributed by atoms with Crippen molar-refractivity contribution in [2.45, 2.75) is 32.6 Å². The topological polar surface area (TPSA) is 81.7 Å². The van der Waals surface area contributed by atoms with Crippen molar-refractivity contribution in [3.05, 3.63) is 58.4 Å². The molecule has 2 atom stereocenters. The summed E-state index contributed by atoms with van der Waals surface area (Å²) in [5, 5.41) is 3.22. The van der Waals surface area contributed by atoms with E-state index in [9.17, 15) is 14.4 Å². The summed E-state index contributed by atoms with van der Waals surface area (Å²) in [6, 6.07) is 6.85. The van der Waals surface area contributed by atoms with Crippen LogP contribution in [0.5, 0.6) is 0 Å². The first-order chi connectivity index (χ1) is 13.0. The van der Waals surface area contributed by atoms with Gasteiger partial charge >= 0.3 is 11.9 Å². The number of esters is 2. The zero-order valence-corrected chi connectivity index (χ0v) is 15.7. The second kappa shape index (κ2) is 7.78. The summed E-state index contributed by atoms with van der Waals surface area (Å²) >= 11 is 0. The Kier molecular flexibility index (Phi) is 5.44. The molecule has 0 radical (unpaired) electrons. The summed E-state index contributed by atoms with van der Waals surface area (Å²) in [6.07, 6.45) is 3.16. The molecule has 1 N–H and O–H groups in total. The smallest absolute Gasteiger partial charge is 0.337 e. The lowest BCUT2D eigenvalue weighted by Gasteiger charge is -2.38. The maximum Gasteiger partial charge on any atom is 0.337 e. The number of nitrogens with one attached hydrogen (secondary N) is 1. The molecular formula is C21H23NO5. The predicted octanol–water partition coefficient (Wildman–Crippen LogP) is 2.86. The van der Waals surface area contributed by atoms with Gasteiger partial charge in [0.25, 0.3) is 0 Å². The van der Waals surface area contributed by atoms with E-state index in [1.165, 1.54) is 7.11 Å². The normalized spacial score (nSPS) is 21.7. The summed E-state index contributed by atoms with van der Waals surface area (Å²) in [5.41, 5.74) is 3.18. The lowest BCUT2D eigenvalue weighted by molar-refractivity contribution is -0.139. The molecule has 1 aromatic carbocycles. The Morgan fingerprint density at radius 2 is 1.85 bits per heavy atom. The number of rotatable bonds is 4. The number of carbonyl (C=O) groups excluding carboxylic acids is 3. The van der Waals surface area contributed by atoms with E-state index in [0.717, 1.165) is 11.3 Å². The molecule has 0 saturated heterocycles. The van der Waals surface area contributed by atoms with Crippen LogP contribution in [-0.2, 0) is 19.1 Å². The van der Waals surface area contributed by atoms with E-state index in [1.54, 1.807) is 31.2 Å². The van der Waals surface area contributed by atoms with Crippen molar-refractivity contribution in [2.75, 3.05) is 13.7 Å². The fourth-order valence-electron chi connectivity index (χ4n) is 3.80. The molecule has 0 amide bonds. The third kappa shape index (κ3) is 3.52. The Hall–Kier alpha value is -2.89. The molecule has 0 bridgehead atoms. The van der Waals surface area contributed by atoms with E-state index in [4.69, 9.17) is 9.47 Å². The lowest BCUT2D eigenvalue weighted by Crippen LogP contribution is -2.40. The molecule has 1 aromatic rings. The van der Waals surface area contributed by atoms with Gasteiger partial charge in [-0.15, -0.1) is 0 Å². The van der Waals surface area contributed by atoms with Crippen molar-refractivity contribution in [1.29, 1.82) is 0 Å². The summed E-state index contributed by atoms with van der Waals surface area (Å²) in [7, 11) is 1.33.